The summed E-state index contributed by atoms with van der Waals surface area (Å²) in [5.41, 5.74) is 1.59. The van der Waals surface area contributed by atoms with Crippen LogP contribution in [0, 0.1) is 11.8 Å². The highest BCUT2D eigenvalue weighted by Crippen LogP contribution is 2.42. The summed E-state index contributed by atoms with van der Waals surface area (Å²) >= 11 is 1.32. The third kappa shape index (κ3) is 6.54. The van der Waals surface area contributed by atoms with Gasteiger partial charge in [0.25, 0.3) is 0 Å². The third-order valence-electron chi connectivity index (χ3n) is 9.02. The Balaban J connectivity index is 1.35. The lowest BCUT2D eigenvalue weighted by Crippen LogP contribution is -2.47. The van der Waals surface area contributed by atoms with E-state index in [1.807, 2.05) is 23.4 Å². The van der Waals surface area contributed by atoms with E-state index in [0.717, 1.165) is 81.6 Å². The molecule has 2 aliphatic carbocycles. The van der Waals surface area contributed by atoms with Crippen LogP contribution in [0.3, 0.4) is 0 Å². The van der Waals surface area contributed by atoms with Gasteiger partial charge in [-0.15, -0.1) is 11.3 Å². The van der Waals surface area contributed by atoms with Gasteiger partial charge >= 0.3 is 5.97 Å². The Morgan fingerprint density at radius 2 is 1.80 bits per heavy atom. The van der Waals surface area contributed by atoms with Gasteiger partial charge in [-0.25, -0.2) is 4.79 Å². The Morgan fingerprint density at radius 1 is 1.10 bits per heavy atom. The maximum atomic E-state index is 14.2. The number of likely N-dealkylation sites (tertiary alicyclic amines) is 1. The van der Waals surface area contributed by atoms with Crippen LogP contribution in [0.4, 0.5) is 5.69 Å². The molecule has 2 aromatic heterocycles. The lowest BCUT2D eigenvalue weighted by Gasteiger charge is -2.39. The fraction of sp³-hybridized carbons (Fsp3) is 0.656. The second kappa shape index (κ2) is 12.2. The number of anilines is 1. The quantitative estimate of drug-likeness (QED) is 0.374. The smallest absolute Gasteiger partial charge is 0.348 e. The number of carboxylic acid groups (broad SMARTS) is 1. The first-order valence-electron chi connectivity index (χ1n) is 15.1. The Labute approximate surface area is 242 Å². The first kappa shape index (κ1) is 29.1. The van der Waals surface area contributed by atoms with Crippen molar-refractivity contribution in [1.82, 2.24) is 9.88 Å². The monoisotopic (exact) mass is 567 g/mol. The molecule has 8 heteroatoms. The second-order valence-electron chi connectivity index (χ2n) is 13.2. The van der Waals surface area contributed by atoms with Gasteiger partial charge < -0.3 is 14.7 Å². The van der Waals surface area contributed by atoms with E-state index >= 15 is 0 Å². The average molecular weight is 568 g/mol. The molecule has 3 aliphatic rings. The van der Waals surface area contributed by atoms with Gasteiger partial charge in [-0.05, 0) is 94.3 Å². The largest absolute Gasteiger partial charge is 0.488 e. The van der Waals surface area contributed by atoms with Crippen molar-refractivity contribution < 1.29 is 19.4 Å². The number of hydrogen-bond acceptors (Lipinski definition) is 6. The normalized spacial score (nSPS) is 25.7. The molecular formula is C32H45N3O4S. The lowest BCUT2D eigenvalue weighted by atomic mass is 9.81. The lowest BCUT2D eigenvalue weighted by molar-refractivity contribution is -0.124. The fourth-order valence-corrected chi connectivity index (χ4v) is 7.36. The van der Waals surface area contributed by atoms with Crippen molar-refractivity contribution in [1.29, 1.82) is 0 Å². The molecule has 0 spiro atoms. The minimum atomic E-state index is -0.950. The van der Waals surface area contributed by atoms with Crippen LogP contribution in [-0.4, -0.2) is 52.1 Å². The highest BCUT2D eigenvalue weighted by Gasteiger charge is 2.38. The number of hydrogen-bond donors (Lipinski definition) is 1. The number of pyridine rings is 1. The van der Waals surface area contributed by atoms with E-state index in [4.69, 9.17) is 4.74 Å². The molecule has 0 unspecified atom stereocenters. The number of carbonyl (C=O) groups is 2. The van der Waals surface area contributed by atoms with Crippen molar-refractivity contribution in [3.05, 3.63) is 39.8 Å². The summed E-state index contributed by atoms with van der Waals surface area (Å²) in [5.74, 6) is 0.633. The molecule has 3 heterocycles. The number of nitrogens with zero attached hydrogens (tertiary/aromatic N) is 3. The van der Waals surface area contributed by atoms with Crippen molar-refractivity contribution in [2.75, 3.05) is 18.0 Å². The summed E-state index contributed by atoms with van der Waals surface area (Å²) in [6.45, 7) is 11.7. The Morgan fingerprint density at radius 3 is 2.40 bits per heavy atom. The number of rotatable bonds is 8. The van der Waals surface area contributed by atoms with Crippen LogP contribution in [0.1, 0.15) is 106 Å². The molecule has 1 amide bonds. The van der Waals surface area contributed by atoms with E-state index in [1.54, 1.807) is 0 Å². The van der Waals surface area contributed by atoms with Gasteiger partial charge in [0, 0.05) is 35.1 Å². The molecule has 0 bridgehead atoms. The van der Waals surface area contributed by atoms with Gasteiger partial charge in [-0.1, -0.05) is 27.7 Å². The summed E-state index contributed by atoms with van der Waals surface area (Å²) < 4.78 is 6.50. The zero-order valence-corrected chi connectivity index (χ0v) is 25.3. The summed E-state index contributed by atoms with van der Waals surface area (Å²) in [6.07, 6.45) is 12.1. The van der Waals surface area contributed by atoms with Gasteiger partial charge in [0.1, 0.15) is 10.6 Å². The van der Waals surface area contributed by atoms with Crippen molar-refractivity contribution in [2.45, 2.75) is 110 Å². The molecule has 0 aromatic carbocycles. The number of aromatic carboxylic acids is 1. The van der Waals surface area contributed by atoms with Crippen molar-refractivity contribution in [3.8, 4) is 5.75 Å². The minimum Gasteiger partial charge on any atom is -0.488 e. The molecule has 1 aliphatic heterocycles. The summed E-state index contributed by atoms with van der Waals surface area (Å²) in [5, 5.41) is 10.2. The van der Waals surface area contributed by atoms with Crippen LogP contribution in [0.15, 0.2) is 24.5 Å². The van der Waals surface area contributed by atoms with Crippen molar-refractivity contribution >= 4 is 28.9 Å². The minimum absolute atomic E-state index is 0.0262. The standard InChI is InChI=1S/C32H45N3O4S/c1-21-6-8-22(9-7-21)30(36)35(26-18-28(32(2,3)4)40-29(26)31(37)38)24-10-12-25(13-11-24)39-27-19-33-15-14-23(27)20-34-16-5-17-34/h14-15,18-19,21-22,24-25H,5-13,16-17,20H2,1-4H3,(H,37,38)/t21-,22-,24-,25-. The van der Waals surface area contributed by atoms with Crippen molar-refractivity contribution in [3.63, 3.8) is 0 Å². The van der Waals surface area contributed by atoms with E-state index in [2.05, 4.69) is 43.6 Å². The van der Waals surface area contributed by atoms with Gasteiger partial charge in [-0.3, -0.25) is 14.7 Å². The molecule has 0 radical (unpaired) electrons. The summed E-state index contributed by atoms with van der Waals surface area (Å²) in [6, 6.07) is 4.01. The van der Waals surface area contributed by atoms with E-state index in [0.29, 0.717) is 11.6 Å². The zero-order valence-electron chi connectivity index (χ0n) is 24.5. The molecule has 5 rings (SSSR count). The molecule has 218 valence electrons. The summed E-state index contributed by atoms with van der Waals surface area (Å²) in [4.78, 5) is 36.5. The van der Waals surface area contributed by atoms with E-state index in [9.17, 15) is 14.7 Å². The molecule has 1 saturated heterocycles. The molecule has 0 atom stereocenters. The predicted octanol–water partition coefficient (Wildman–Crippen LogP) is 6.89. The molecule has 1 N–H and O–H groups in total. The van der Waals surface area contributed by atoms with E-state index < -0.39 is 5.97 Å². The number of thiophene rings is 1. The maximum Gasteiger partial charge on any atom is 0.348 e. The van der Waals surface area contributed by atoms with E-state index in [1.165, 1.54) is 23.3 Å². The Bertz CT molecular complexity index is 1190. The first-order valence-corrected chi connectivity index (χ1v) is 15.9. The van der Waals surface area contributed by atoms with Crippen LogP contribution in [0.5, 0.6) is 5.75 Å². The topological polar surface area (TPSA) is 83.0 Å². The molecule has 3 fully saturated rings. The van der Waals surface area contributed by atoms with Gasteiger partial charge in [0.05, 0.1) is 18.0 Å². The second-order valence-corrected chi connectivity index (χ2v) is 14.3. The molecule has 2 saturated carbocycles. The highest BCUT2D eigenvalue weighted by molar-refractivity contribution is 7.14. The molecule has 7 nitrogen and oxygen atoms in total. The van der Waals surface area contributed by atoms with E-state index in [-0.39, 0.29) is 34.3 Å². The number of ether oxygens (including phenoxy) is 1. The third-order valence-corrected chi connectivity index (χ3v) is 10.6. The number of carboxylic acids is 1. The Kier molecular flexibility index (Phi) is 8.86. The first-order chi connectivity index (χ1) is 19.1. The van der Waals surface area contributed by atoms with Gasteiger partial charge in [-0.2, -0.15) is 0 Å². The van der Waals surface area contributed by atoms with Gasteiger partial charge in [0.2, 0.25) is 5.91 Å². The van der Waals surface area contributed by atoms with Crippen molar-refractivity contribution in [2.24, 2.45) is 11.8 Å². The van der Waals surface area contributed by atoms with Gasteiger partial charge in [0.15, 0.2) is 0 Å². The molecular weight excluding hydrogens is 522 g/mol. The zero-order chi connectivity index (χ0) is 28.4. The van der Waals surface area contributed by atoms with Crippen LogP contribution < -0.4 is 9.64 Å². The maximum absolute atomic E-state index is 14.2. The number of amides is 1. The van der Waals surface area contributed by atoms with Crippen LogP contribution in [-0.2, 0) is 16.8 Å². The molecule has 40 heavy (non-hydrogen) atoms. The molecule has 2 aromatic rings. The Hall–Kier alpha value is -2.45. The summed E-state index contributed by atoms with van der Waals surface area (Å²) in [7, 11) is 0. The average Bonchev–Trinajstić information content (AvgIpc) is 3.35. The predicted molar refractivity (Wildman–Crippen MR) is 159 cm³/mol. The van der Waals surface area contributed by atoms with Crippen LogP contribution >= 0.6 is 11.3 Å². The SMILES string of the molecule is CC(C)(C)c1cc(N(C(=O)[C@H]2CC[C@H](C)CC2)[C@H]2CC[C@H](Oc3cnccc3CN3CCC3)CC2)c(C(=O)O)s1. The number of aromatic nitrogens is 1. The van der Waals surface area contributed by atoms with Crippen LogP contribution in [0.25, 0.3) is 0 Å². The highest BCUT2D eigenvalue weighted by atomic mass is 32.1. The van der Waals surface area contributed by atoms with Crippen LogP contribution in [0.2, 0.25) is 0 Å². The number of carbonyl (C=O) groups excluding carboxylic acids is 1. The fourth-order valence-electron chi connectivity index (χ4n) is 6.31.